The smallest absolute Gasteiger partial charge is 0.235 e. The number of carbonyl (C=O) groups is 1. The van der Waals surface area contributed by atoms with Gasteiger partial charge in [-0.2, -0.15) is 0 Å². The summed E-state index contributed by atoms with van der Waals surface area (Å²) in [7, 11) is -3.26. The molecule has 0 bridgehead atoms. The van der Waals surface area contributed by atoms with Crippen molar-refractivity contribution in [2.75, 3.05) is 28.5 Å². The summed E-state index contributed by atoms with van der Waals surface area (Å²) >= 11 is 6.12. The molecule has 20 heavy (non-hydrogen) atoms. The van der Waals surface area contributed by atoms with Crippen LogP contribution < -0.4 is 15.4 Å². The van der Waals surface area contributed by atoms with Gasteiger partial charge in [0.25, 0.3) is 0 Å². The van der Waals surface area contributed by atoms with Crippen molar-refractivity contribution in [3.05, 3.63) is 23.2 Å². The molecule has 1 heterocycles. The summed E-state index contributed by atoms with van der Waals surface area (Å²) in [6.45, 7) is 0.699. The molecule has 0 saturated carbocycles. The number of nitrogens with zero attached hydrogens (tertiary/aromatic N) is 1. The van der Waals surface area contributed by atoms with Gasteiger partial charge < -0.3 is 11.1 Å². The van der Waals surface area contributed by atoms with Gasteiger partial charge in [-0.25, -0.2) is 8.42 Å². The largest absolute Gasteiger partial charge is 0.330 e. The van der Waals surface area contributed by atoms with Gasteiger partial charge in [-0.15, -0.1) is 0 Å². The molecule has 6 nitrogen and oxygen atoms in total. The molecule has 1 saturated heterocycles. The van der Waals surface area contributed by atoms with Gasteiger partial charge in [0.2, 0.25) is 15.9 Å². The number of hydrogen-bond acceptors (Lipinski definition) is 4. The number of sulfonamides is 1. The summed E-state index contributed by atoms with van der Waals surface area (Å²) in [6, 6.07) is 4.77. The van der Waals surface area contributed by atoms with E-state index in [0.717, 1.165) is 0 Å². The van der Waals surface area contributed by atoms with Gasteiger partial charge in [0.15, 0.2) is 0 Å². The summed E-state index contributed by atoms with van der Waals surface area (Å²) in [5, 5.41) is 2.94. The highest BCUT2D eigenvalue weighted by Gasteiger charge is 2.29. The molecule has 1 aromatic rings. The Morgan fingerprint density at radius 1 is 1.45 bits per heavy atom. The quantitative estimate of drug-likeness (QED) is 0.871. The Balaban J connectivity index is 2.20. The number of carbonyl (C=O) groups excluding carboxylic acids is 1. The first kappa shape index (κ1) is 15.1. The summed E-state index contributed by atoms with van der Waals surface area (Å²) < 4.78 is 25.0. The van der Waals surface area contributed by atoms with Crippen molar-refractivity contribution in [1.82, 2.24) is 0 Å². The van der Waals surface area contributed by atoms with E-state index in [4.69, 9.17) is 17.3 Å². The van der Waals surface area contributed by atoms with E-state index in [1.54, 1.807) is 18.2 Å². The van der Waals surface area contributed by atoms with Crippen molar-refractivity contribution in [2.24, 2.45) is 5.73 Å². The zero-order valence-electron chi connectivity index (χ0n) is 10.8. The van der Waals surface area contributed by atoms with Crippen molar-refractivity contribution in [3.8, 4) is 0 Å². The van der Waals surface area contributed by atoms with Crippen molar-refractivity contribution in [1.29, 1.82) is 0 Å². The Bertz CT molecular complexity index is 618. The van der Waals surface area contributed by atoms with Gasteiger partial charge in [0.05, 0.1) is 16.5 Å². The lowest BCUT2D eigenvalue weighted by Crippen LogP contribution is -2.25. The summed E-state index contributed by atoms with van der Waals surface area (Å²) in [5.41, 5.74) is 6.26. The van der Waals surface area contributed by atoms with Gasteiger partial charge in [0.1, 0.15) is 0 Å². The standard InChI is InChI=1S/C12H16ClN3O3S/c13-10-8-9(15-12(17)4-5-14)2-3-11(10)16-6-1-7-20(16,18)19/h2-3,8H,1,4-7,14H2,(H,15,17). The molecule has 2 rings (SSSR count). The second kappa shape index (κ2) is 5.99. The van der Waals surface area contributed by atoms with Crippen LogP contribution in [0, 0.1) is 0 Å². The molecule has 110 valence electrons. The fourth-order valence-electron chi connectivity index (χ4n) is 2.05. The lowest BCUT2D eigenvalue weighted by Gasteiger charge is -2.19. The molecular formula is C12H16ClN3O3S. The topological polar surface area (TPSA) is 92.5 Å². The number of benzene rings is 1. The first-order valence-corrected chi connectivity index (χ1v) is 8.22. The molecule has 1 aliphatic heterocycles. The number of nitrogens with one attached hydrogen (secondary N) is 1. The first-order valence-electron chi connectivity index (χ1n) is 6.24. The van der Waals surface area contributed by atoms with E-state index in [1.165, 1.54) is 4.31 Å². The zero-order chi connectivity index (χ0) is 14.8. The highest BCUT2D eigenvalue weighted by molar-refractivity contribution is 7.93. The Morgan fingerprint density at radius 2 is 2.20 bits per heavy atom. The maximum Gasteiger partial charge on any atom is 0.235 e. The first-order chi connectivity index (χ1) is 9.44. The number of rotatable bonds is 4. The highest BCUT2D eigenvalue weighted by Crippen LogP contribution is 2.33. The normalized spacial score (nSPS) is 17.2. The minimum Gasteiger partial charge on any atom is -0.330 e. The van der Waals surface area contributed by atoms with Gasteiger partial charge in [-0.05, 0) is 24.6 Å². The zero-order valence-corrected chi connectivity index (χ0v) is 12.4. The number of halogens is 1. The third-order valence-electron chi connectivity index (χ3n) is 2.97. The van der Waals surface area contributed by atoms with Crippen LogP contribution in [0.3, 0.4) is 0 Å². The average Bonchev–Trinajstić information content (AvgIpc) is 2.69. The molecule has 1 aliphatic rings. The monoisotopic (exact) mass is 317 g/mol. The van der Waals surface area contributed by atoms with Crippen molar-refractivity contribution in [3.63, 3.8) is 0 Å². The number of anilines is 2. The predicted octanol–water partition coefficient (Wildman–Crippen LogP) is 1.17. The minimum absolute atomic E-state index is 0.137. The molecule has 0 unspecified atom stereocenters. The summed E-state index contributed by atoms with van der Waals surface area (Å²) in [5.74, 6) is -0.0664. The third-order valence-corrected chi connectivity index (χ3v) is 5.13. The average molecular weight is 318 g/mol. The summed E-state index contributed by atoms with van der Waals surface area (Å²) in [6.07, 6.45) is 0.813. The molecule has 0 atom stereocenters. The predicted molar refractivity (Wildman–Crippen MR) is 79.5 cm³/mol. The third kappa shape index (κ3) is 3.23. The Labute approximate surface area is 122 Å². The van der Waals surface area contributed by atoms with Crippen LogP contribution >= 0.6 is 11.6 Å². The lowest BCUT2D eigenvalue weighted by molar-refractivity contribution is -0.116. The van der Waals surface area contributed by atoms with Crippen LogP contribution in [-0.2, 0) is 14.8 Å². The number of nitrogens with two attached hydrogens (primary N) is 1. The Hall–Kier alpha value is -1.31. The fourth-order valence-corrected chi connectivity index (χ4v) is 3.96. The van der Waals surface area contributed by atoms with Crippen molar-refractivity contribution >= 4 is 38.9 Å². The van der Waals surface area contributed by atoms with Gasteiger partial charge >= 0.3 is 0 Å². The molecule has 3 N–H and O–H groups in total. The molecule has 1 fully saturated rings. The second-order valence-electron chi connectivity index (χ2n) is 4.49. The van der Waals surface area contributed by atoms with Crippen LogP contribution in [-0.4, -0.2) is 33.2 Å². The maximum atomic E-state index is 11.8. The minimum atomic E-state index is -3.26. The van der Waals surface area contributed by atoms with Crippen LogP contribution in [0.1, 0.15) is 12.8 Å². The maximum absolute atomic E-state index is 11.8. The second-order valence-corrected chi connectivity index (χ2v) is 6.91. The van der Waals surface area contributed by atoms with E-state index in [-0.39, 0.29) is 24.6 Å². The SMILES string of the molecule is NCCC(=O)Nc1ccc(N2CCCS2(=O)=O)c(Cl)c1. The van der Waals surface area contributed by atoms with Crippen LogP contribution in [0.2, 0.25) is 5.02 Å². The van der Waals surface area contributed by atoms with E-state index >= 15 is 0 Å². The van der Waals surface area contributed by atoms with Gasteiger partial charge in [0, 0.05) is 25.2 Å². The van der Waals surface area contributed by atoms with E-state index in [9.17, 15) is 13.2 Å². The Kier molecular flexibility index (Phi) is 4.52. The molecule has 0 radical (unpaired) electrons. The molecule has 8 heteroatoms. The van der Waals surface area contributed by atoms with Crippen LogP contribution in [0.5, 0.6) is 0 Å². The van der Waals surface area contributed by atoms with E-state index in [1.807, 2.05) is 0 Å². The van der Waals surface area contributed by atoms with E-state index < -0.39 is 10.0 Å². The molecule has 1 amide bonds. The van der Waals surface area contributed by atoms with E-state index in [2.05, 4.69) is 5.32 Å². The van der Waals surface area contributed by atoms with Crippen LogP contribution in [0.15, 0.2) is 18.2 Å². The van der Waals surface area contributed by atoms with Gasteiger partial charge in [-0.1, -0.05) is 11.6 Å². The number of hydrogen-bond donors (Lipinski definition) is 2. The molecule has 0 aromatic heterocycles. The molecule has 0 aliphatic carbocycles. The number of amides is 1. The highest BCUT2D eigenvalue weighted by atomic mass is 35.5. The van der Waals surface area contributed by atoms with E-state index in [0.29, 0.717) is 29.4 Å². The molecular weight excluding hydrogens is 302 g/mol. The van der Waals surface area contributed by atoms with Crippen LogP contribution in [0.25, 0.3) is 0 Å². The van der Waals surface area contributed by atoms with Crippen molar-refractivity contribution < 1.29 is 13.2 Å². The fraction of sp³-hybridized carbons (Fsp3) is 0.417. The summed E-state index contributed by atoms with van der Waals surface area (Å²) in [4.78, 5) is 11.4. The molecule has 0 spiro atoms. The molecule has 1 aromatic carbocycles. The Morgan fingerprint density at radius 3 is 2.75 bits per heavy atom. The van der Waals surface area contributed by atoms with Crippen molar-refractivity contribution in [2.45, 2.75) is 12.8 Å². The van der Waals surface area contributed by atoms with Crippen LogP contribution in [0.4, 0.5) is 11.4 Å². The lowest BCUT2D eigenvalue weighted by atomic mass is 10.2. The van der Waals surface area contributed by atoms with Gasteiger partial charge in [-0.3, -0.25) is 9.10 Å².